The maximum Gasteiger partial charge on any atom is 0.245 e. The smallest absolute Gasteiger partial charge is 0.245 e. The van der Waals surface area contributed by atoms with Crippen LogP contribution in [0.25, 0.3) is 0 Å². The van der Waals surface area contributed by atoms with Crippen LogP contribution in [0.1, 0.15) is 59.3 Å². The third-order valence-corrected chi connectivity index (χ3v) is 4.82. The van der Waals surface area contributed by atoms with E-state index in [9.17, 15) is 9.59 Å². The van der Waals surface area contributed by atoms with Crippen LogP contribution in [-0.4, -0.2) is 35.3 Å². The van der Waals surface area contributed by atoms with E-state index in [-0.39, 0.29) is 23.8 Å². The number of hydrogen-bond donors (Lipinski definition) is 1. The first-order valence-corrected chi connectivity index (χ1v) is 8.08. The van der Waals surface area contributed by atoms with Gasteiger partial charge in [0.1, 0.15) is 6.04 Å². The zero-order valence-corrected chi connectivity index (χ0v) is 13.0. The van der Waals surface area contributed by atoms with Gasteiger partial charge in [0.2, 0.25) is 11.8 Å². The molecule has 0 aromatic heterocycles. The summed E-state index contributed by atoms with van der Waals surface area (Å²) in [6.07, 6.45) is 7.32. The van der Waals surface area contributed by atoms with Crippen LogP contribution < -0.4 is 5.32 Å². The summed E-state index contributed by atoms with van der Waals surface area (Å²) in [4.78, 5) is 26.3. The highest BCUT2D eigenvalue weighted by Crippen LogP contribution is 2.35. The summed E-state index contributed by atoms with van der Waals surface area (Å²) in [5.74, 6) is 0.836. The van der Waals surface area contributed by atoms with E-state index in [1.165, 1.54) is 32.6 Å². The quantitative estimate of drug-likeness (QED) is 0.862. The Morgan fingerprint density at radius 3 is 2.40 bits per heavy atom. The van der Waals surface area contributed by atoms with E-state index in [4.69, 9.17) is 0 Å². The summed E-state index contributed by atoms with van der Waals surface area (Å²) in [6.45, 7) is 6.35. The van der Waals surface area contributed by atoms with E-state index >= 15 is 0 Å². The van der Waals surface area contributed by atoms with Gasteiger partial charge in [-0.3, -0.25) is 9.59 Å². The molecule has 1 saturated carbocycles. The summed E-state index contributed by atoms with van der Waals surface area (Å²) in [5, 5.41) is 2.84. The normalized spacial score (nSPS) is 27.9. The second-order valence-corrected chi connectivity index (χ2v) is 6.71. The maximum absolute atomic E-state index is 12.8. The average Bonchev–Trinajstić information content (AvgIpc) is 2.43. The molecule has 0 radical (unpaired) electrons. The van der Waals surface area contributed by atoms with Crippen molar-refractivity contribution in [1.82, 2.24) is 10.2 Å². The van der Waals surface area contributed by atoms with E-state index in [2.05, 4.69) is 10.2 Å². The van der Waals surface area contributed by atoms with Gasteiger partial charge >= 0.3 is 0 Å². The van der Waals surface area contributed by atoms with Gasteiger partial charge in [0, 0.05) is 19.5 Å². The van der Waals surface area contributed by atoms with Gasteiger partial charge in [-0.25, -0.2) is 0 Å². The summed E-state index contributed by atoms with van der Waals surface area (Å²) in [7, 11) is 0. The third-order valence-electron chi connectivity index (χ3n) is 4.82. The van der Waals surface area contributed by atoms with E-state index in [0.29, 0.717) is 12.0 Å². The van der Waals surface area contributed by atoms with Crippen molar-refractivity contribution in [2.24, 2.45) is 11.8 Å². The van der Waals surface area contributed by atoms with Gasteiger partial charge in [-0.05, 0) is 37.5 Å². The first-order chi connectivity index (χ1) is 9.50. The molecule has 3 unspecified atom stereocenters. The Morgan fingerprint density at radius 1 is 1.10 bits per heavy atom. The van der Waals surface area contributed by atoms with Crippen molar-refractivity contribution in [3.63, 3.8) is 0 Å². The molecule has 1 aliphatic heterocycles. The molecule has 2 fully saturated rings. The molecule has 2 aliphatic rings. The second kappa shape index (κ2) is 6.59. The number of nitrogens with one attached hydrogen (secondary N) is 1. The zero-order valence-electron chi connectivity index (χ0n) is 13.0. The number of piperidine rings is 1. The molecule has 0 aromatic rings. The number of rotatable bonds is 3. The fourth-order valence-electron chi connectivity index (χ4n) is 3.81. The van der Waals surface area contributed by atoms with Crippen molar-refractivity contribution in [2.75, 3.05) is 6.54 Å². The lowest BCUT2D eigenvalue weighted by Gasteiger charge is -2.45. The maximum atomic E-state index is 12.8. The summed E-state index contributed by atoms with van der Waals surface area (Å²) >= 11 is 0. The minimum Gasteiger partial charge on any atom is -0.344 e. The molecule has 1 N–H and O–H groups in total. The van der Waals surface area contributed by atoms with Gasteiger partial charge in [0.15, 0.2) is 0 Å². The van der Waals surface area contributed by atoms with Crippen LogP contribution in [-0.2, 0) is 9.59 Å². The minimum absolute atomic E-state index is 0.116. The van der Waals surface area contributed by atoms with E-state index in [0.717, 1.165) is 19.4 Å². The average molecular weight is 280 g/mol. The Kier molecular flexibility index (Phi) is 5.06. The molecule has 3 atom stereocenters. The van der Waals surface area contributed by atoms with E-state index in [1.54, 1.807) is 0 Å². The molecule has 1 heterocycles. The highest BCUT2D eigenvalue weighted by atomic mass is 16.2. The largest absolute Gasteiger partial charge is 0.344 e. The second-order valence-electron chi connectivity index (χ2n) is 6.71. The summed E-state index contributed by atoms with van der Waals surface area (Å²) in [5.41, 5.74) is 0. The van der Waals surface area contributed by atoms with Crippen LogP contribution in [0.2, 0.25) is 0 Å². The summed E-state index contributed by atoms with van der Waals surface area (Å²) in [6, 6.07) is 0.0492. The highest BCUT2D eigenvalue weighted by Gasteiger charge is 2.38. The van der Waals surface area contributed by atoms with Crippen LogP contribution in [0.3, 0.4) is 0 Å². The minimum atomic E-state index is -0.367. The monoisotopic (exact) mass is 280 g/mol. The van der Waals surface area contributed by atoms with Crippen LogP contribution in [0, 0.1) is 11.8 Å². The molecule has 1 aliphatic carbocycles. The van der Waals surface area contributed by atoms with Crippen molar-refractivity contribution < 1.29 is 9.59 Å². The van der Waals surface area contributed by atoms with Crippen LogP contribution in [0.4, 0.5) is 0 Å². The Hall–Kier alpha value is -1.06. The molecule has 4 heteroatoms. The first-order valence-electron chi connectivity index (χ1n) is 8.08. The molecular formula is C16H28N2O2. The number of carbonyl (C=O) groups excluding carboxylic acids is 2. The van der Waals surface area contributed by atoms with Crippen LogP contribution in [0.5, 0.6) is 0 Å². The van der Waals surface area contributed by atoms with Gasteiger partial charge in [-0.2, -0.15) is 0 Å². The van der Waals surface area contributed by atoms with Crippen molar-refractivity contribution in [2.45, 2.75) is 71.4 Å². The van der Waals surface area contributed by atoms with Gasteiger partial charge in [0.05, 0.1) is 0 Å². The number of carbonyl (C=O) groups is 2. The van der Waals surface area contributed by atoms with Crippen LogP contribution in [0.15, 0.2) is 0 Å². The van der Waals surface area contributed by atoms with E-state index in [1.807, 2.05) is 13.8 Å². The molecule has 2 amide bonds. The fraction of sp³-hybridized carbons (Fsp3) is 0.875. The molecule has 0 bridgehead atoms. The van der Waals surface area contributed by atoms with Crippen molar-refractivity contribution in [3.8, 4) is 0 Å². The molecule has 20 heavy (non-hydrogen) atoms. The van der Waals surface area contributed by atoms with Gasteiger partial charge in [-0.1, -0.05) is 26.7 Å². The first kappa shape index (κ1) is 15.3. The van der Waals surface area contributed by atoms with Gasteiger partial charge in [0.25, 0.3) is 0 Å². The van der Waals surface area contributed by atoms with Crippen molar-refractivity contribution >= 4 is 11.8 Å². The molecule has 114 valence electrons. The Bertz CT molecular complexity index is 365. The predicted octanol–water partition coefficient (Wildman–Crippen LogP) is 2.33. The van der Waals surface area contributed by atoms with Crippen LogP contribution >= 0.6 is 0 Å². The number of fused-ring (bicyclic) bond motifs is 1. The predicted molar refractivity (Wildman–Crippen MR) is 79.1 cm³/mol. The SMILES string of the molecule is CC(=O)NC(C(=O)N1CCCC2CCCCC21)C(C)C. The summed E-state index contributed by atoms with van der Waals surface area (Å²) < 4.78 is 0. The number of nitrogens with zero attached hydrogens (tertiary/aromatic N) is 1. The molecule has 2 rings (SSSR count). The van der Waals surface area contributed by atoms with Gasteiger partial charge < -0.3 is 10.2 Å². The molecule has 4 nitrogen and oxygen atoms in total. The van der Waals surface area contributed by atoms with E-state index < -0.39 is 0 Å². The lowest BCUT2D eigenvalue weighted by molar-refractivity contribution is -0.143. The molecule has 0 aromatic carbocycles. The number of amides is 2. The van der Waals surface area contributed by atoms with Gasteiger partial charge in [-0.15, -0.1) is 0 Å². The third kappa shape index (κ3) is 3.33. The van der Waals surface area contributed by atoms with Crippen molar-refractivity contribution in [3.05, 3.63) is 0 Å². The topological polar surface area (TPSA) is 49.4 Å². The lowest BCUT2D eigenvalue weighted by Crippen LogP contribution is -2.57. The molecular weight excluding hydrogens is 252 g/mol. The Balaban J connectivity index is 2.10. The Labute approximate surface area is 122 Å². The Morgan fingerprint density at radius 2 is 1.75 bits per heavy atom. The number of hydrogen-bond acceptors (Lipinski definition) is 2. The zero-order chi connectivity index (χ0) is 14.7. The molecule has 0 spiro atoms. The highest BCUT2D eigenvalue weighted by molar-refractivity contribution is 5.87. The fourth-order valence-corrected chi connectivity index (χ4v) is 3.81. The standard InChI is InChI=1S/C16H28N2O2/c1-11(2)15(17-12(3)19)16(20)18-10-6-8-13-7-4-5-9-14(13)18/h11,13-15H,4-10H2,1-3H3,(H,17,19). The number of likely N-dealkylation sites (tertiary alicyclic amines) is 1. The molecule has 1 saturated heterocycles. The van der Waals surface area contributed by atoms with Crippen molar-refractivity contribution in [1.29, 1.82) is 0 Å². The lowest BCUT2D eigenvalue weighted by atomic mass is 9.78.